The topological polar surface area (TPSA) is 114 Å². The molecule has 2 heterocycles. The van der Waals surface area contributed by atoms with Crippen LogP contribution < -0.4 is 11.3 Å². The minimum absolute atomic E-state index is 0.0566. The maximum Gasteiger partial charge on any atom is 0.288 e. The van der Waals surface area contributed by atoms with Gasteiger partial charge in [-0.2, -0.15) is 5.10 Å². The molecule has 26 heavy (non-hydrogen) atoms. The van der Waals surface area contributed by atoms with Crippen LogP contribution in [0.5, 0.6) is 0 Å². The van der Waals surface area contributed by atoms with Gasteiger partial charge in [-0.3, -0.25) is 4.79 Å². The number of hydrogen-bond donors (Lipinski definition) is 2. The van der Waals surface area contributed by atoms with E-state index in [1.807, 2.05) is 19.0 Å². The first-order valence-corrected chi connectivity index (χ1v) is 9.62. The van der Waals surface area contributed by atoms with Crippen LogP contribution >= 0.6 is 0 Å². The minimum Gasteiger partial charge on any atom is -0.384 e. The number of hydrogen-bond acceptors (Lipinski definition) is 6. The summed E-state index contributed by atoms with van der Waals surface area (Å²) in [5, 5.41) is 6.36. The van der Waals surface area contributed by atoms with Crippen molar-refractivity contribution in [3.63, 3.8) is 0 Å². The Morgan fingerprint density at radius 2 is 1.92 bits per heavy atom. The number of rotatable bonds is 6. The highest BCUT2D eigenvalue weighted by molar-refractivity contribution is 7.92. The van der Waals surface area contributed by atoms with E-state index in [0.29, 0.717) is 13.0 Å². The molecular weight excluding hydrogens is 354 g/mol. The van der Waals surface area contributed by atoms with Crippen molar-refractivity contribution in [2.75, 3.05) is 26.4 Å². The summed E-state index contributed by atoms with van der Waals surface area (Å²) in [4.78, 5) is 14.4. The Morgan fingerprint density at radius 1 is 1.23 bits per heavy atom. The van der Waals surface area contributed by atoms with Crippen LogP contribution in [0.1, 0.15) is 6.42 Å². The molecule has 0 bridgehead atoms. The molecule has 0 unspecified atom stereocenters. The Hall–Kier alpha value is -2.65. The second-order valence-electron chi connectivity index (χ2n) is 6.30. The molecule has 0 saturated carbocycles. The van der Waals surface area contributed by atoms with Crippen molar-refractivity contribution < 1.29 is 8.42 Å². The highest BCUT2D eigenvalue weighted by Gasteiger charge is 2.29. The summed E-state index contributed by atoms with van der Waals surface area (Å²) in [6, 6.07) is 8.03. The Morgan fingerprint density at radius 3 is 2.58 bits per heavy atom. The molecule has 0 atom stereocenters. The highest BCUT2D eigenvalue weighted by Crippen LogP contribution is 2.34. The Kier molecular flexibility index (Phi) is 4.84. The van der Waals surface area contributed by atoms with Crippen LogP contribution in [0.4, 0.5) is 5.82 Å². The molecule has 0 aliphatic rings. The van der Waals surface area contributed by atoms with Crippen LogP contribution in [0.2, 0.25) is 0 Å². The number of nitrogens with zero attached hydrogens (tertiary/aromatic N) is 3. The van der Waals surface area contributed by atoms with Gasteiger partial charge in [-0.15, -0.1) is 0 Å². The summed E-state index contributed by atoms with van der Waals surface area (Å²) in [7, 11) is 0.00461. The molecule has 138 valence electrons. The molecule has 3 aromatic rings. The van der Waals surface area contributed by atoms with E-state index in [4.69, 9.17) is 5.73 Å². The quantitative estimate of drug-likeness (QED) is 0.667. The molecule has 0 fully saturated rings. The zero-order chi connectivity index (χ0) is 18.9. The monoisotopic (exact) mass is 375 g/mol. The second kappa shape index (κ2) is 6.93. The summed E-state index contributed by atoms with van der Waals surface area (Å²) >= 11 is 0. The number of anilines is 1. The van der Waals surface area contributed by atoms with Gasteiger partial charge in [0.25, 0.3) is 5.56 Å². The molecule has 0 radical (unpaired) electrons. The van der Waals surface area contributed by atoms with Crippen LogP contribution in [0.15, 0.2) is 51.1 Å². The summed E-state index contributed by atoms with van der Waals surface area (Å²) in [5.74, 6) is 0.0566. The number of aromatic nitrogens is 3. The molecule has 1 aromatic carbocycles. The van der Waals surface area contributed by atoms with E-state index in [0.717, 1.165) is 6.54 Å². The SMILES string of the molecule is CN(C)CCCn1c(N)c(S(=O)(=O)c2ccccc2)c2cn[nH]c(=O)c21. The number of fused-ring (bicyclic) bond motifs is 1. The van der Waals surface area contributed by atoms with E-state index in [1.165, 1.54) is 18.3 Å². The van der Waals surface area contributed by atoms with E-state index in [9.17, 15) is 13.2 Å². The van der Waals surface area contributed by atoms with Crippen molar-refractivity contribution in [2.45, 2.75) is 22.8 Å². The summed E-state index contributed by atoms with van der Waals surface area (Å²) in [6.45, 7) is 1.21. The van der Waals surface area contributed by atoms with E-state index >= 15 is 0 Å². The van der Waals surface area contributed by atoms with Gasteiger partial charge in [0, 0.05) is 11.9 Å². The summed E-state index contributed by atoms with van der Waals surface area (Å²) in [6.07, 6.45) is 2.05. The lowest BCUT2D eigenvalue weighted by atomic mass is 10.3. The molecule has 2 aromatic heterocycles. The molecule has 0 aliphatic carbocycles. The largest absolute Gasteiger partial charge is 0.384 e. The molecule has 0 aliphatic heterocycles. The van der Waals surface area contributed by atoms with Crippen LogP contribution in [-0.2, 0) is 16.4 Å². The maximum atomic E-state index is 13.1. The van der Waals surface area contributed by atoms with Gasteiger partial charge in [-0.05, 0) is 39.2 Å². The Balaban J connectivity index is 2.23. The van der Waals surface area contributed by atoms with Gasteiger partial charge in [0.15, 0.2) is 0 Å². The minimum atomic E-state index is -3.88. The third-order valence-electron chi connectivity index (χ3n) is 4.18. The number of benzene rings is 1. The van der Waals surface area contributed by atoms with Gasteiger partial charge in [0.1, 0.15) is 16.2 Å². The first-order valence-electron chi connectivity index (χ1n) is 8.14. The number of H-pyrrole nitrogens is 1. The lowest BCUT2D eigenvalue weighted by Gasteiger charge is -2.11. The second-order valence-corrected chi connectivity index (χ2v) is 8.19. The molecular formula is C17H21N5O3S. The zero-order valence-corrected chi connectivity index (χ0v) is 15.5. The fourth-order valence-corrected chi connectivity index (χ4v) is 4.56. The molecule has 8 nitrogen and oxygen atoms in total. The lowest BCUT2D eigenvalue weighted by molar-refractivity contribution is 0.388. The average Bonchev–Trinajstić information content (AvgIpc) is 2.89. The lowest BCUT2D eigenvalue weighted by Crippen LogP contribution is -2.18. The number of aromatic amines is 1. The van der Waals surface area contributed by atoms with Crippen LogP contribution in [0, 0.1) is 0 Å². The highest BCUT2D eigenvalue weighted by atomic mass is 32.2. The van der Waals surface area contributed by atoms with E-state index in [1.54, 1.807) is 22.8 Å². The fraction of sp³-hybridized carbons (Fsp3) is 0.294. The Bertz CT molecular complexity index is 1080. The van der Waals surface area contributed by atoms with Gasteiger partial charge in [0.05, 0.1) is 11.1 Å². The van der Waals surface area contributed by atoms with Gasteiger partial charge in [0.2, 0.25) is 9.84 Å². The molecule has 0 amide bonds. The number of aryl methyl sites for hydroxylation is 1. The first-order chi connectivity index (χ1) is 12.3. The molecule has 0 spiro atoms. The van der Waals surface area contributed by atoms with E-state index in [2.05, 4.69) is 10.2 Å². The predicted octanol–water partition coefficient (Wildman–Crippen LogP) is 1.09. The van der Waals surface area contributed by atoms with Crippen molar-refractivity contribution in [1.82, 2.24) is 19.7 Å². The predicted molar refractivity (Wildman–Crippen MR) is 99.8 cm³/mol. The normalized spacial score (nSPS) is 12.1. The molecule has 0 saturated heterocycles. The molecule has 3 rings (SSSR count). The van der Waals surface area contributed by atoms with Crippen LogP contribution in [-0.4, -0.2) is 48.7 Å². The zero-order valence-electron chi connectivity index (χ0n) is 14.6. The Labute approximate surface area is 151 Å². The van der Waals surface area contributed by atoms with Gasteiger partial charge in [-0.25, -0.2) is 13.5 Å². The van der Waals surface area contributed by atoms with Crippen molar-refractivity contribution in [3.05, 3.63) is 46.9 Å². The summed E-state index contributed by atoms with van der Waals surface area (Å²) < 4.78 is 27.8. The third-order valence-corrected chi connectivity index (χ3v) is 6.04. The van der Waals surface area contributed by atoms with Crippen molar-refractivity contribution in [1.29, 1.82) is 0 Å². The summed E-state index contributed by atoms with van der Waals surface area (Å²) in [5.41, 5.74) is 5.98. The molecule has 3 N–H and O–H groups in total. The standard InChI is InChI=1S/C17H21N5O3S/c1-21(2)9-6-10-22-14-13(11-19-20-17(14)23)15(16(22)18)26(24,25)12-7-4-3-5-8-12/h3-5,7-8,11H,6,9-10,18H2,1-2H3,(H,20,23). The van der Waals surface area contributed by atoms with Crippen LogP contribution in [0.3, 0.4) is 0 Å². The van der Waals surface area contributed by atoms with Gasteiger partial charge in [-0.1, -0.05) is 18.2 Å². The molecule has 9 heteroatoms. The van der Waals surface area contributed by atoms with Crippen molar-refractivity contribution in [3.8, 4) is 0 Å². The van der Waals surface area contributed by atoms with Crippen molar-refractivity contribution in [2.24, 2.45) is 0 Å². The number of sulfone groups is 1. The maximum absolute atomic E-state index is 13.1. The van der Waals surface area contributed by atoms with Gasteiger partial charge >= 0.3 is 0 Å². The number of nitrogens with one attached hydrogen (secondary N) is 1. The van der Waals surface area contributed by atoms with E-state index in [-0.39, 0.29) is 26.5 Å². The number of nitrogen functional groups attached to an aromatic ring is 1. The third kappa shape index (κ3) is 3.11. The van der Waals surface area contributed by atoms with Crippen molar-refractivity contribution >= 4 is 26.6 Å². The number of nitrogens with two attached hydrogens (primary N) is 1. The first kappa shape index (κ1) is 18.2. The van der Waals surface area contributed by atoms with Crippen LogP contribution in [0.25, 0.3) is 10.9 Å². The fourth-order valence-electron chi connectivity index (χ4n) is 2.98. The smallest absolute Gasteiger partial charge is 0.288 e. The average molecular weight is 375 g/mol. The van der Waals surface area contributed by atoms with E-state index < -0.39 is 15.4 Å². The van der Waals surface area contributed by atoms with Gasteiger partial charge < -0.3 is 15.2 Å².